The molecule has 0 aliphatic carbocycles. The minimum atomic E-state index is -0.416. The molecular formula is C19H23N3O2. The lowest BCUT2D eigenvalue weighted by atomic mass is 10.2. The summed E-state index contributed by atoms with van der Waals surface area (Å²) < 4.78 is 5.65. The normalized spacial score (nSPS) is 18.3. The maximum atomic E-state index is 12.4. The first-order valence-corrected chi connectivity index (χ1v) is 8.28. The molecule has 1 aliphatic heterocycles. The van der Waals surface area contributed by atoms with Crippen molar-refractivity contribution in [3.05, 3.63) is 65.5 Å². The van der Waals surface area contributed by atoms with E-state index in [1.807, 2.05) is 37.3 Å². The van der Waals surface area contributed by atoms with Gasteiger partial charge in [0.25, 0.3) is 5.91 Å². The molecule has 1 aromatic carbocycles. The molecule has 1 fully saturated rings. The summed E-state index contributed by atoms with van der Waals surface area (Å²) >= 11 is 0. The largest absolute Gasteiger partial charge is 0.366 e. The van der Waals surface area contributed by atoms with Crippen molar-refractivity contribution in [2.45, 2.75) is 26.1 Å². The summed E-state index contributed by atoms with van der Waals surface area (Å²) in [4.78, 5) is 18.9. The predicted octanol–water partition coefficient (Wildman–Crippen LogP) is 1.91. The van der Waals surface area contributed by atoms with Crippen LogP contribution in [0.5, 0.6) is 0 Å². The van der Waals surface area contributed by atoms with Crippen LogP contribution in [0.4, 0.5) is 0 Å². The number of aromatic nitrogens is 1. The van der Waals surface area contributed by atoms with Crippen LogP contribution >= 0.6 is 0 Å². The number of nitrogens with zero attached hydrogens (tertiary/aromatic N) is 2. The van der Waals surface area contributed by atoms with Gasteiger partial charge in [-0.15, -0.1) is 0 Å². The number of carbonyl (C=O) groups is 1. The minimum Gasteiger partial charge on any atom is -0.366 e. The second-order valence-electron chi connectivity index (χ2n) is 6.11. The number of rotatable bonds is 5. The molecule has 1 aromatic heterocycles. The van der Waals surface area contributed by atoms with E-state index in [1.165, 1.54) is 5.56 Å². The van der Waals surface area contributed by atoms with Gasteiger partial charge in [0.1, 0.15) is 6.10 Å². The fraction of sp³-hybridized carbons (Fsp3) is 0.368. The third-order valence-electron chi connectivity index (χ3n) is 4.13. The Morgan fingerprint density at radius 2 is 2.08 bits per heavy atom. The van der Waals surface area contributed by atoms with Gasteiger partial charge in [-0.1, -0.05) is 36.4 Å². The standard InChI is InChI=1S/C19H23N3O2/c1-15-7-8-17(11-20-15)12-21-19(23)18-14-22(9-10-24-18)13-16-5-3-2-4-6-16/h2-8,11,18H,9-10,12-14H2,1H3,(H,21,23)/t18-/m1/s1. The number of morpholine rings is 1. The van der Waals surface area contributed by atoms with Gasteiger partial charge < -0.3 is 10.1 Å². The number of hydrogen-bond donors (Lipinski definition) is 1. The van der Waals surface area contributed by atoms with Crippen LogP contribution in [0.3, 0.4) is 0 Å². The van der Waals surface area contributed by atoms with Crippen LogP contribution in [0.1, 0.15) is 16.8 Å². The van der Waals surface area contributed by atoms with Gasteiger partial charge in [0.15, 0.2) is 0 Å². The van der Waals surface area contributed by atoms with Crippen LogP contribution in [0.2, 0.25) is 0 Å². The smallest absolute Gasteiger partial charge is 0.250 e. The molecule has 3 rings (SSSR count). The molecule has 1 amide bonds. The zero-order chi connectivity index (χ0) is 16.8. The highest BCUT2D eigenvalue weighted by molar-refractivity contribution is 5.81. The van der Waals surface area contributed by atoms with Crippen molar-refractivity contribution in [3.63, 3.8) is 0 Å². The Bertz CT molecular complexity index is 658. The highest BCUT2D eigenvalue weighted by Crippen LogP contribution is 2.11. The molecule has 0 saturated carbocycles. The van der Waals surface area contributed by atoms with Gasteiger partial charge in [-0.2, -0.15) is 0 Å². The Hall–Kier alpha value is -2.24. The van der Waals surface area contributed by atoms with E-state index < -0.39 is 6.10 Å². The first-order valence-electron chi connectivity index (χ1n) is 8.28. The first-order chi connectivity index (χ1) is 11.7. The summed E-state index contributed by atoms with van der Waals surface area (Å²) in [7, 11) is 0. The summed E-state index contributed by atoms with van der Waals surface area (Å²) in [6.07, 6.45) is 1.37. The SMILES string of the molecule is Cc1ccc(CNC(=O)[C@H]2CN(Cc3ccccc3)CCO2)cn1. The van der Waals surface area contributed by atoms with Crippen molar-refractivity contribution in [1.29, 1.82) is 0 Å². The summed E-state index contributed by atoms with van der Waals surface area (Å²) in [5.41, 5.74) is 3.22. The average Bonchev–Trinajstić information content (AvgIpc) is 2.62. The van der Waals surface area contributed by atoms with Crippen molar-refractivity contribution < 1.29 is 9.53 Å². The molecule has 5 nitrogen and oxygen atoms in total. The Labute approximate surface area is 142 Å². The van der Waals surface area contributed by atoms with E-state index in [2.05, 4.69) is 27.3 Å². The summed E-state index contributed by atoms with van der Waals surface area (Å²) in [6, 6.07) is 14.2. The quantitative estimate of drug-likeness (QED) is 0.912. The zero-order valence-corrected chi connectivity index (χ0v) is 13.9. The molecule has 1 atom stereocenters. The number of hydrogen-bond acceptors (Lipinski definition) is 4. The van der Waals surface area contributed by atoms with Gasteiger partial charge in [0, 0.05) is 38.1 Å². The zero-order valence-electron chi connectivity index (χ0n) is 13.9. The summed E-state index contributed by atoms with van der Waals surface area (Å²) in [6.45, 7) is 5.31. The molecule has 0 bridgehead atoms. The van der Waals surface area contributed by atoms with Crippen LogP contribution in [0.25, 0.3) is 0 Å². The maximum absolute atomic E-state index is 12.4. The first kappa shape index (κ1) is 16.6. The van der Waals surface area contributed by atoms with Gasteiger partial charge in [-0.05, 0) is 24.1 Å². The number of benzene rings is 1. The van der Waals surface area contributed by atoms with Gasteiger partial charge in [-0.3, -0.25) is 14.7 Å². The van der Waals surface area contributed by atoms with Crippen LogP contribution < -0.4 is 5.32 Å². The topological polar surface area (TPSA) is 54.5 Å². The third kappa shape index (κ3) is 4.63. The van der Waals surface area contributed by atoms with Crippen molar-refractivity contribution in [1.82, 2.24) is 15.2 Å². The lowest BCUT2D eigenvalue weighted by Gasteiger charge is -2.32. The summed E-state index contributed by atoms with van der Waals surface area (Å²) in [5, 5.41) is 2.94. The highest BCUT2D eigenvalue weighted by Gasteiger charge is 2.26. The molecule has 1 N–H and O–H groups in total. The lowest BCUT2D eigenvalue weighted by molar-refractivity contribution is -0.139. The predicted molar refractivity (Wildman–Crippen MR) is 92.3 cm³/mol. The van der Waals surface area contributed by atoms with E-state index in [9.17, 15) is 4.79 Å². The van der Waals surface area contributed by atoms with Gasteiger partial charge in [0.05, 0.1) is 6.61 Å². The Morgan fingerprint density at radius 3 is 2.83 bits per heavy atom. The Balaban J connectivity index is 1.50. The lowest BCUT2D eigenvalue weighted by Crippen LogP contribution is -2.49. The van der Waals surface area contributed by atoms with Crippen LogP contribution in [0, 0.1) is 6.92 Å². The fourth-order valence-electron chi connectivity index (χ4n) is 2.75. The molecule has 24 heavy (non-hydrogen) atoms. The van der Waals surface area contributed by atoms with E-state index in [0.717, 1.165) is 24.3 Å². The minimum absolute atomic E-state index is 0.0617. The summed E-state index contributed by atoms with van der Waals surface area (Å²) in [5.74, 6) is -0.0617. The number of nitrogens with one attached hydrogen (secondary N) is 1. The molecule has 0 unspecified atom stereocenters. The highest BCUT2D eigenvalue weighted by atomic mass is 16.5. The Morgan fingerprint density at radius 1 is 1.25 bits per heavy atom. The van der Waals surface area contributed by atoms with Gasteiger partial charge in [-0.25, -0.2) is 0 Å². The second-order valence-corrected chi connectivity index (χ2v) is 6.11. The number of carbonyl (C=O) groups excluding carboxylic acids is 1. The molecule has 5 heteroatoms. The fourth-order valence-corrected chi connectivity index (χ4v) is 2.75. The molecule has 126 valence electrons. The van der Waals surface area contributed by atoms with E-state index in [0.29, 0.717) is 19.7 Å². The molecule has 0 radical (unpaired) electrons. The van der Waals surface area contributed by atoms with E-state index in [1.54, 1.807) is 6.20 Å². The van der Waals surface area contributed by atoms with Gasteiger partial charge >= 0.3 is 0 Å². The van der Waals surface area contributed by atoms with Crippen molar-refractivity contribution in [2.75, 3.05) is 19.7 Å². The number of aryl methyl sites for hydroxylation is 1. The van der Waals surface area contributed by atoms with Crippen LogP contribution in [-0.2, 0) is 22.6 Å². The number of ether oxygens (including phenoxy) is 1. The van der Waals surface area contributed by atoms with Crippen molar-refractivity contribution in [2.24, 2.45) is 0 Å². The molecule has 2 heterocycles. The number of pyridine rings is 1. The molecular weight excluding hydrogens is 302 g/mol. The van der Waals surface area contributed by atoms with E-state index in [4.69, 9.17) is 4.74 Å². The van der Waals surface area contributed by atoms with E-state index >= 15 is 0 Å². The van der Waals surface area contributed by atoms with E-state index in [-0.39, 0.29) is 5.91 Å². The molecule has 1 saturated heterocycles. The van der Waals surface area contributed by atoms with Crippen LogP contribution in [0.15, 0.2) is 48.7 Å². The molecule has 1 aliphatic rings. The Kier molecular flexibility index (Phi) is 5.56. The average molecular weight is 325 g/mol. The second kappa shape index (κ2) is 8.04. The van der Waals surface area contributed by atoms with Crippen molar-refractivity contribution in [3.8, 4) is 0 Å². The maximum Gasteiger partial charge on any atom is 0.250 e. The third-order valence-corrected chi connectivity index (χ3v) is 4.13. The van der Waals surface area contributed by atoms with Crippen molar-refractivity contribution >= 4 is 5.91 Å². The van der Waals surface area contributed by atoms with Gasteiger partial charge in [0.2, 0.25) is 0 Å². The molecule has 0 spiro atoms. The van der Waals surface area contributed by atoms with Crippen LogP contribution in [-0.4, -0.2) is 41.6 Å². The number of amides is 1. The molecule has 2 aromatic rings. The monoisotopic (exact) mass is 325 g/mol.